The molecule has 0 fully saturated rings. The van der Waals surface area contributed by atoms with Gasteiger partial charge in [-0.15, -0.1) is 0 Å². The van der Waals surface area contributed by atoms with Crippen molar-refractivity contribution in [2.45, 2.75) is 0 Å². The zero-order valence-electron chi connectivity index (χ0n) is 10.8. The zero-order chi connectivity index (χ0) is 16.3. The average Bonchev–Trinajstić information content (AvgIpc) is 2.39. The Balaban J connectivity index is 2.15. The zero-order valence-corrected chi connectivity index (χ0v) is 13.9. The Kier molecular flexibility index (Phi) is 5.42. The van der Waals surface area contributed by atoms with E-state index in [4.69, 9.17) is 47.0 Å². The predicted molar refractivity (Wildman–Crippen MR) is 94.4 cm³/mol. The second-order valence-electron chi connectivity index (χ2n) is 4.16. The summed E-state index contributed by atoms with van der Waals surface area (Å²) in [5.41, 5.74) is 0.804. The summed E-state index contributed by atoms with van der Waals surface area (Å²) in [7, 11) is 0. The van der Waals surface area contributed by atoms with Gasteiger partial charge in [0.2, 0.25) is 0 Å². The first-order valence-corrected chi connectivity index (χ1v) is 7.37. The molecule has 0 aliphatic carbocycles. The Morgan fingerprint density at radius 1 is 1.05 bits per heavy atom. The van der Waals surface area contributed by atoms with Crippen molar-refractivity contribution in [3.63, 3.8) is 0 Å². The normalized spacial score (nSPS) is 10.1. The summed E-state index contributed by atoms with van der Waals surface area (Å²) in [6.45, 7) is 0. The van der Waals surface area contributed by atoms with E-state index in [0.717, 1.165) is 0 Å². The van der Waals surface area contributed by atoms with Crippen LogP contribution in [0.4, 0.5) is 17.1 Å². The number of non-ortho nitro benzene ring substituents is 1. The van der Waals surface area contributed by atoms with Crippen LogP contribution in [0.25, 0.3) is 0 Å². The highest BCUT2D eigenvalue weighted by molar-refractivity contribution is 7.80. The summed E-state index contributed by atoms with van der Waals surface area (Å²) in [5.74, 6) is 0. The fourth-order valence-corrected chi connectivity index (χ4v) is 2.55. The summed E-state index contributed by atoms with van der Waals surface area (Å²) in [6, 6.07) is 8.87. The highest BCUT2D eigenvalue weighted by Gasteiger charge is 2.11. The lowest BCUT2D eigenvalue weighted by Gasteiger charge is -2.12. The van der Waals surface area contributed by atoms with Gasteiger partial charge in [0.1, 0.15) is 0 Å². The summed E-state index contributed by atoms with van der Waals surface area (Å²) in [4.78, 5) is 10.3. The van der Waals surface area contributed by atoms with E-state index in [0.29, 0.717) is 26.4 Å². The van der Waals surface area contributed by atoms with Crippen molar-refractivity contribution < 1.29 is 4.92 Å². The quantitative estimate of drug-likeness (QED) is 0.428. The lowest BCUT2D eigenvalue weighted by Crippen LogP contribution is -2.19. The SMILES string of the molecule is O=[N+]([O-])c1ccc(Cl)c(NC(=S)Nc2cc(Cl)cc(Cl)c2)c1. The van der Waals surface area contributed by atoms with E-state index < -0.39 is 4.92 Å². The number of nitrogens with one attached hydrogen (secondary N) is 2. The van der Waals surface area contributed by atoms with Crippen LogP contribution in [-0.2, 0) is 0 Å². The number of halogens is 3. The van der Waals surface area contributed by atoms with Gasteiger partial charge in [0.25, 0.3) is 5.69 Å². The number of nitro benzene ring substituents is 1. The van der Waals surface area contributed by atoms with Crippen LogP contribution in [0.15, 0.2) is 36.4 Å². The Morgan fingerprint density at radius 3 is 2.27 bits per heavy atom. The minimum atomic E-state index is -0.519. The topological polar surface area (TPSA) is 67.2 Å². The average molecular weight is 377 g/mol. The molecule has 0 aliphatic heterocycles. The molecule has 0 saturated heterocycles. The molecule has 0 spiro atoms. The number of rotatable bonds is 3. The molecular formula is C13H8Cl3N3O2S. The molecule has 0 bridgehead atoms. The van der Waals surface area contributed by atoms with Crippen molar-refractivity contribution in [3.8, 4) is 0 Å². The molecule has 2 aromatic rings. The minimum Gasteiger partial charge on any atom is -0.332 e. The van der Waals surface area contributed by atoms with Crippen molar-refractivity contribution in [1.82, 2.24) is 0 Å². The van der Waals surface area contributed by atoms with E-state index in [9.17, 15) is 10.1 Å². The van der Waals surface area contributed by atoms with Gasteiger partial charge < -0.3 is 10.6 Å². The molecule has 2 N–H and O–H groups in total. The summed E-state index contributed by atoms with van der Waals surface area (Å²) in [6.07, 6.45) is 0. The van der Waals surface area contributed by atoms with Gasteiger partial charge in [-0.1, -0.05) is 34.8 Å². The number of anilines is 2. The van der Waals surface area contributed by atoms with Crippen LogP contribution < -0.4 is 10.6 Å². The molecule has 0 aromatic heterocycles. The fourth-order valence-electron chi connectivity index (χ4n) is 1.63. The van der Waals surface area contributed by atoms with Gasteiger partial charge in [-0.25, -0.2) is 0 Å². The number of thiocarbonyl (C=S) groups is 1. The second-order valence-corrected chi connectivity index (χ2v) is 5.85. The van der Waals surface area contributed by atoms with E-state index >= 15 is 0 Å². The highest BCUT2D eigenvalue weighted by atomic mass is 35.5. The molecule has 9 heteroatoms. The molecule has 2 rings (SSSR count). The van der Waals surface area contributed by atoms with Crippen LogP contribution in [0, 0.1) is 10.1 Å². The number of nitrogens with zero attached hydrogens (tertiary/aromatic N) is 1. The van der Waals surface area contributed by atoms with Crippen molar-refractivity contribution in [1.29, 1.82) is 0 Å². The van der Waals surface area contributed by atoms with Crippen molar-refractivity contribution >= 4 is 69.2 Å². The van der Waals surface area contributed by atoms with Crippen LogP contribution in [0.1, 0.15) is 0 Å². The molecule has 0 heterocycles. The van der Waals surface area contributed by atoms with Gasteiger partial charge in [0.05, 0.1) is 15.6 Å². The van der Waals surface area contributed by atoms with Gasteiger partial charge in [0, 0.05) is 27.9 Å². The van der Waals surface area contributed by atoms with E-state index in [1.54, 1.807) is 18.2 Å². The monoisotopic (exact) mass is 375 g/mol. The number of hydrogen-bond donors (Lipinski definition) is 2. The summed E-state index contributed by atoms with van der Waals surface area (Å²) in [5, 5.41) is 17.8. The van der Waals surface area contributed by atoms with E-state index in [1.807, 2.05) is 0 Å². The molecule has 5 nitrogen and oxygen atoms in total. The van der Waals surface area contributed by atoms with Crippen molar-refractivity contribution in [2.24, 2.45) is 0 Å². The van der Waals surface area contributed by atoms with Crippen LogP contribution in [0.2, 0.25) is 15.1 Å². The third-order valence-electron chi connectivity index (χ3n) is 2.53. The maximum Gasteiger partial charge on any atom is 0.271 e. The van der Waals surface area contributed by atoms with Gasteiger partial charge >= 0.3 is 0 Å². The lowest BCUT2D eigenvalue weighted by atomic mass is 10.3. The molecule has 0 unspecified atom stereocenters. The molecule has 2 aromatic carbocycles. The van der Waals surface area contributed by atoms with Crippen LogP contribution in [0.3, 0.4) is 0 Å². The Labute approximate surface area is 146 Å². The molecule has 0 atom stereocenters. The Hall–Kier alpha value is -1.60. The molecule has 22 heavy (non-hydrogen) atoms. The summed E-state index contributed by atoms with van der Waals surface area (Å²) >= 11 is 22.9. The van der Waals surface area contributed by atoms with Gasteiger partial charge in [-0.05, 0) is 36.5 Å². The third-order valence-corrected chi connectivity index (χ3v) is 3.50. The third kappa shape index (κ3) is 4.45. The maximum atomic E-state index is 10.8. The minimum absolute atomic E-state index is 0.0968. The fraction of sp³-hybridized carbons (Fsp3) is 0. The molecule has 0 saturated carbocycles. The van der Waals surface area contributed by atoms with Crippen molar-refractivity contribution in [3.05, 3.63) is 61.6 Å². The smallest absolute Gasteiger partial charge is 0.271 e. The van der Waals surface area contributed by atoms with Gasteiger partial charge in [-0.3, -0.25) is 10.1 Å². The predicted octanol–water partition coefficient (Wildman–Crippen LogP) is 5.36. The lowest BCUT2D eigenvalue weighted by molar-refractivity contribution is -0.384. The first-order chi connectivity index (χ1) is 10.3. The van der Waals surface area contributed by atoms with E-state index in [2.05, 4.69) is 10.6 Å². The van der Waals surface area contributed by atoms with E-state index in [1.165, 1.54) is 18.2 Å². The molecule has 114 valence electrons. The molecule has 0 radical (unpaired) electrons. The Bertz CT molecular complexity index is 735. The number of hydrogen-bond acceptors (Lipinski definition) is 3. The summed E-state index contributed by atoms with van der Waals surface area (Å²) < 4.78 is 0. The van der Waals surface area contributed by atoms with Crippen LogP contribution >= 0.6 is 47.0 Å². The molecular weight excluding hydrogens is 369 g/mol. The van der Waals surface area contributed by atoms with Crippen LogP contribution in [0.5, 0.6) is 0 Å². The number of benzene rings is 2. The Morgan fingerprint density at radius 2 is 1.68 bits per heavy atom. The maximum absolute atomic E-state index is 10.8. The van der Waals surface area contributed by atoms with Gasteiger partial charge in [0.15, 0.2) is 5.11 Å². The first kappa shape index (κ1) is 16.8. The molecule has 0 amide bonds. The standard InChI is InChI=1S/C13H8Cl3N3O2S/c14-7-3-8(15)5-9(4-7)17-13(22)18-12-6-10(19(20)21)1-2-11(12)16/h1-6H,(H2,17,18,22). The largest absolute Gasteiger partial charge is 0.332 e. The van der Waals surface area contributed by atoms with Crippen LogP contribution in [-0.4, -0.2) is 10.0 Å². The first-order valence-electron chi connectivity index (χ1n) is 5.83. The highest BCUT2D eigenvalue weighted by Crippen LogP contribution is 2.27. The molecule has 0 aliphatic rings. The van der Waals surface area contributed by atoms with E-state index in [-0.39, 0.29) is 10.8 Å². The van der Waals surface area contributed by atoms with Crippen molar-refractivity contribution in [2.75, 3.05) is 10.6 Å². The number of nitro groups is 1. The second kappa shape index (κ2) is 7.11. The van der Waals surface area contributed by atoms with Gasteiger partial charge in [-0.2, -0.15) is 0 Å².